The third-order valence-corrected chi connectivity index (χ3v) is 2.85. The first kappa shape index (κ1) is 13.9. The monoisotopic (exact) mass is 296 g/mol. The Balaban J connectivity index is 2.35. The molecule has 0 radical (unpaired) electrons. The van der Waals surface area contributed by atoms with E-state index in [9.17, 15) is 21.6 Å². The maximum Gasteiger partial charge on any atom is 0.437 e. The molecule has 2 rings (SSSR count). The Morgan fingerprint density at radius 2 is 2.05 bits per heavy atom. The molecule has 19 heavy (non-hydrogen) atoms. The van der Waals surface area contributed by atoms with Gasteiger partial charge in [0.2, 0.25) is 10.0 Å². The zero-order valence-corrected chi connectivity index (χ0v) is 10.7. The van der Waals surface area contributed by atoms with E-state index in [1.54, 1.807) is 0 Å². The van der Waals surface area contributed by atoms with E-state index in [4.69, 9.17) is 4.74 Å². The number of sulfonamides is 1. The first-order chi connectivity index (χ1) is 8.65. The Labute approximate surface area is 107 Å². The van der Waals surface area contributed by atoms with Gasteiger partial charge in [0.25, 0.3) is 0 Å². The molecule has 0 amide bonds. The number of nitrogens with one attached hydrogen (secondary N) is 1. The van der Waals surface area contributed by atoms with Crippen molar-refractivity contribution in [3.05, 3.63) is 18.0 Å². The second-order valence-corrected chi connectivity index (χ2v) is 6.01. The summed E-state index contributed by atoms with van der Waals surface area (Å²) >= 11 is 0. The average Bonchev–Trinajstić information content (AvgIpc) is 2.97. The van der Waals surface area contributed by atoms with E-state index >= 15 is 0 Å². The van der Waals surface area contributed by atoms with Crippen molar-refractivity contribution < 1.29 is 26.3 Å². The second-order valence-electron chi connectivity index (χ2n) is 4.26. The van der Waals surface area contributed by atoms with Crippen molar-refractivity contribution >= 4 is 15.7 Å². The van der Waals surface area contributed by atoms with E-state index < -0.39 is 27.6 Å². The molecule has 1 heterocycles. The van der Waals surface area contributed by atoms with Gasteiger partial charge >= 0.3 is 6.18 Å². The molecule has 5 nitrogen and oxygen atoms in total. The highest BCUT2D eigenvalue weighted by Gasteiger charge is 2.38. The highest BCUT2D eigenvalue weighted by atomic mass is 32.2. The van der Waals surface area contributed by atoms with Gasteiger partial charge in [0.05, 0.1) is 24.2 Å². The number of rotatable bonds is 4. The minimum absolute atomic E-state index is 0.0638. The molecule has 1 aromatic rings. The van der Waals surface area contributed by atoms with Gasteiger partial charge in [0, 0.05) is 6.07 Å². The minimum atomic E-state index is -4.64. The zero-order chi connectivity index (χ0) is 14.3. The molecule has 0 bridgehead atoms. The first-order valence-corrected chi connectivity index (χ1v) is 7.26. The van der Waals surface area contributed by atoms with E-state index in [2.05, 4.69) is 9.71 Å². The maximum absolute atomic E-state index is 12.7. The van der Waals surface area contributed by atoms with Crippen LogP contribution in [0.2, 0.25) is 0 Å². The maximum atomic E-state index is 12.7. The first-order valence-electron chi connectivity index (χ1n) is 5.37. The molecule has 1 aliphatic rings. The van der Waals surface area contributed by atoms with Crippen LogP contribution >= 0.6 is 0 Å². The molecule has 0 aromatic carbocycles. The van der Waals surface area contributed by atoms with E-state index in [1.165, 1.54) is 0 Å². The summed E-state index contributed by atoms with van der Waals surface area (Å²) in [6.45, 7) is 0. The molecule has 0 spiro atoms. The number of nitrogens with zero attached hydrogens (tertiary/aromatic N) is 1. The predicted molar refractivity (Wildman–Crippen MR) is 61.4 cm³/mol. The molecule has 0 unspecified atom stereocenters. The van der Waals surface area contributed by atoms with Crippen LogP contribution in [0.15, 0.2) is 12.3 Å². The van der Waals surface area contributed by atoms with Gasteiger partial charge in [-0.05, 0) is 12.8 Å². The summed E-state index contributed by atoms with van der Waals surface area (Å²) in [4.78, 5) is 3.24. The number of pyridine rings is 1. The smallest absolute Gasteiger partial charge is 0.437 e. The molecule has 1 aliphatic carbocycles. The summed E-state index contributed by atoms with van der Waals surface area (Å²) in [6, 6.07) is 0.995. The van der Waals surface area contributed by atoms with Crippen LogP contribution in [-0.4, -0.2) is 25.8 Å². The van der Waals surface area contributed by atoms with Crippen LogP contribution in [0.3, 0.4) is 0 Å². The standard InChI is InChI=1S/C10H11F3N2O3S/c1-19(16,17)15-6-4-8(18-7-2-3-7)9(14-5-6)10(11,12)13/h4-5,7,15H,2-3H2,1H3. The number of anilines is 1. The van der Waals surface area contributed by atoms with Crippen LogP contribution in [0, 0.1) is 0 Å². The van der Waals surface area contributed by atoms with Crippen LogP contribution in [-0.2, 0) is 16.2 Å². The largest absolute Gasteiger partial charge is 0.488 e. The van der Waals surface area contributed by atoms with Gasteiger partial charge in [0.1, 0.15) is 0 Å². The number of aromatic nitrogens is 1. The van der Waals surface area contributed by atoms with E-state index in [0.717, 1.165) is 18.5 Å². The quantitative estimate of drug-likeness (QED) is 0.923. The molecule has 1 aromatic heterocycles. The lowest BCUT2D eigenvalue weighted by Gasteiger charge is -2.14. The second kappa shape index (κ2) is 4.55. The predicted octanol–water partition coefficient (Wildman–Crippen LogP) is 2.01. The van der Waals surface area contributed by atoms with Crippen molar-refractivity contribution in [2.75, 3.05) is 11.0 Å². The Bertz CT molecular complexity index is 582. The van der Waals surface area contributed by atoms with Crippen molar-refractivity contribution in [1.82, 2.24) is 4.98 Å². The van der Waals surface area contributed by atoms with Gasteiger partial charge in [0.15, 0.2) is 11.4 Å². The molecule has 106 valence electrons. The van der Waals surface area contributed by atoms with E-state index in [0.29, 0.717) is 12.8 Å². The summed E-state index contributed by atoms with van der Waals surface area (Å²) < 4.78 is 67.4. The average molecular weight is 296 g/mol. The Kier molecular flexibility index (Phi) is 3.33. The fraction of sp³-hybridized carbons (Fsp3) is 0.500. The van der Waals surface area contributed by atoms with Crippen molar-refractivity contribution in [1.29, 1.82) is 0 Å². The molecular weight excluding hydrogens is 285 g/mol. The number of ether oxygens (including phenoxy) is 1. The number of hydrogen-bond donors (Lipinski definition) is 1. The Morgan fingerprint density at radius 1 is 1.42 bits per heavy atom. The summed E-state index contributed by atoms with van der Waals surface area (Å²) in [5.74, 6) is -0.455. The fourth-order valence-electron chi connectivity index (χ4n) is 1.38. The summed E-state index contributed by atoms with van der Waals surface area (Å²) in [5, 5.41) is 0. The van der Waals surface area contributed by atoms with Gasteiger partial charge in [-0.1, -0.05) is 0 Å². The summed E-state index contributed by atoms with van der Waals surface area (Å²) in [7, 11) is -3.58. The zero-order valence-electron chi connectivity index (χ0n) is 9.86. The lowest BCUT2D eigenvalue weighted by atomic mass is 10.3. The molecule has 0 aliphatic heterocycles. The topological polar surface area (TPSA) is 68.3 Å². The van der Waals surface area contributed by atoms with Crippen LogP contribution in [0.25, 0.3) is 0 Å². The number of halogens is 3. The van der Waals surface area contributed by atoms with Crippen molar-refractivity contribution in [2.45, 2.75) is 25.1 Å². The molecule has 0 saturated heterocycles. The SMILES string of the molecule is CS(=O)(=O)Nc1cnc(C(F)(F)F)c(OC2CC2)c1. The molecule has 9 heteroatoms. The summed E-state index contributed by atoms with van der Waals surface area (Å²) in [6.07, 6.45) is -1.83. The van der Waals surface area contributed by atoms with Crippen LogP contribution < -0.4 is 9.46 Å². The van der Waals surface area contributed by atoms with Gasteiger partial charge in [-0.15, -0.1) is 0 Å². The van der Waals surface area contributed by atoms with Crippen molar-refractivity contribution in [2.24, 2.45) is 0 Å². The Hall–Kier alpha value is -1.51. The minimum Gasteiger partial charge on any atom is -0.488 e. The van der Waals surface area contributed by atoms with Crippen molar-refractivity contribution in [3.8, 4) is 5.75 Å². The van der Waals surface area contributed by atoms with Crippen LogP contribution in [0.4, 0.5) is 18.9 Å². The highest BCUT2D eigenvalue weighted by molar-refractivity contribution is 7.92. The number of alkyl halides is 3. The van der Waals surface area contributed by atoms with Gasteiger partial charge in [-0.3, -0.25) is 4.72 Å². The highest BCUT2D eigenvalue weighted by Crippen LogP contribution is 2.38. The third-order valence-electron chi connectivity index (χ3n) is 2.24. The van der Waals surface area contributed by atoms with Gasteiger partial charge in [-0.25, -0.2) is 13.4 Å². The molecule has 0 atom stereocenters. The molecule has 1 N–H and O–H groups in total. The Morgan fingerprint density at radius 3 is 2.53 bits per heavy atom. The van der Waals surface area contributed by atoms with Crippen LogP contribution in [0.1, 0.15) is 18.5 Å². The van der Waals surface area contributed by atoms with Crippen molar-refractivity contribution in [3.63, 3.8) is 0 Å². The van der Waals surface area contributed by atoms with Gasteiger partial charge in [-0.2, -0.15) is 13.2 Å². The number of hydrogen-bond acceptors (Lipinski definition) is 4. The molecule has 1 fully saturated rings. The third kappa shape index (κ3) is 3.98. The normalized spacial score (nSPS) is 16.2. The van der Waals surface area contributed by atoms with Crippen LogP contribution in [0.5, 0.6) is 5.75 Å². The van der Waals surface area contributed by atoms with E-state index in [-0.39, 0.29) is 11.8 Å². The fourth-order valence-corrected chi connectivity index (χ4v) is 1.92. The summed E-state index contributed by atoms with van der Waals surface area (Å²) in [5.41, 5.74) is -1.22. The van der Waals surface area contributed by atoms with E-state index in [1.807, 2.05) is 0 Å². The lowest BCUT2D eigenvalue weighted by molar-refractivity contribution is -0.142. The van der Waals surface area contributed by atoms with Gasteiger partial charge < -0.3 is 4.74 Å². The lowest BCUT2D eigenvalue weighted by Crippen LogP contribution is -2.14. The molecular formula is C10H11F3N2O3S. The molecule has 1 saturated carbocycles.